The largest absolute Gasteiger partial charge is 0.368 e. The van der Waals surface area contributed by atoms with Gasteiger partial charge in [0.2, 0.25) is 5.91 Å². The van der Waals surface area contributed by atoms with E-state index in [2.05, 4.69) is 10.2 Å². The molecule has 4 rings (SSSR count). The second-order valence-corrected chi connectivity index (χ2v) is 9.23. The summed E-state index contributed by atoms with van der Waals surface area (Å²) < 4.78 is 0. The van der Waals surface area contributed by atoms with Gasteiger partial charge in [-0.2, -0.15) is 0 Å². The molecule has 34 heavy (non-hydrogen) atoms. The molecule has 1 aromatic heterocycles. The molecule has 9 heteroatoms. The van der Waals surface area contributed by atoms with Crippen LogP contribution in [0.1, 0.15) is 30.0 Å². The van der Waals surface area contributed by atoms with Crippen molar-refractivity contribution in [2.75, 3.05) is 31.5 Å². The number of aromatic nitrogens is 2. The van der Waals surface area contributed by atoms with Crippen molar-refractivity contribution in [1.29, 1.82) is 0 Å². The number of hydrogen-bond acceptors (Lipinski definition) is 6. The van der Waals surface area contributed by atoms with Crippen LogP contribution in [-0.4, -0.2) is 63.8 Å². The number of piperazine rings is 1. The van der Waals surface area contributed by atoms with Gasteiger partial charge in [0.15, 0.2) is 0 Å². The molecule has 1 saturated heterocycles. The van der Waals surface area contributed by atoms with E-state index in [9.17, 15) is 9.59 Å². The van der Waals surface area contributed by atoms with Crippen LogP contribution in [0.25, 0.3) is 10.9 Å². The highest BCUT2D eigenvalue weighted by Gasteiger charge is 2.25. The predicted molar refractivity (Wildman–Crippen MR) is 134 cm³/mol. The van der Waals surface area contributed by atoms with Gasteiger partial charge in [-0.25, -0.2) is 9.97 Å². The number of hydrogen-bond donors (Lipinski definition) is 2. The van der Waals surface area contributed by atoms with Gasteiger partial charge in [0.1, 0.15) is 17.7 Å². The Labute approximate surface area is 204 Å². The molecule has 0 aliphatic carbocycles. The molecule has 1 fully saturated rings. The van der Waals surface area contributed by atoms with Crippen LogP contribution in [0.4, 0.5) is 5.82 Å². The predicted octanol–water partition coefficient (Wildman–Crippen LogP) is 3.16. The molecule has 1 aliphatic rings. The Morgan fingerprint density at radius 2 is 1.71 bits per heavy atom. The molecule has 178 valence electrons. The Morgan fingerprint density at radius 1 is 1.03 bits per heavy atom. The van der Waals surface area contributed by atoms with Crippen molar-refractivity contribution < 1.29 is 9.59 Å². The number of nitrogens with two attached hydrogens (primary N) is 1. The van der Waals surface area contributed by atoms with E-state index in [1.807, 2.05) is 55.1 Å². The molecular formula is C25H29ClN6O2. The Bertz CT molecular complexity index is 1190. The van der Waals surface area contributed by atoms with Crippen LogP contribution >= 0.6 is 11.6 Å². The number of nitrogens with one attached hydrogen (secondary N) is 1. The molecule has 3 N–H and O–H groups in total. The van der Waals surface area contributed by atoms with E-state index in [1.54, 1.807) is 12.1 Å². The molecule has 3 aromatic rings. The molecule has 0 radical (unpaired) electrons. The summed E-state index contributed by atoms with van der Waals surface area (Å²) in [6.07, 6.45) is 0. The number of para-hydroxylation sites is 1. The fourth-order valence-corrected chi connectivity index (χ4v) is 4.35. The van der Waals surface area contributed by atoms with Crippen molar-refractivity contribution in [2.45, 2.75) is 26.4 Å². The third-order valence-corrected chi connectivity index (χ3v) is 6.37. The number of amides is 2. The number of nitrogens with zero attached hydrogens (tertiary/aromatic N) is 4. The molecule has 0 bridgehead atoms. The first-order chi connectivity index (χ1) is 16.3. The average molecular weight is 481 g/mol. The lowest BCUT2D eigenvalue weighted by molar-refractivity contribution is -0.119. The minimum atomic E-state index is -0.537. The topological polar surface area (TPSA) is 104 Å². The Hall–Kier alpha value is -3.23. The number of rotatable bonds is 7. The number of benzene rings is 2. The number of primary amides is 1. The molecule has 1 aliphatic heterocycles. The molecule has 1 atom stereocenters. The number of fused-ring (bicyclic) bond motifs is 1. The van der Waals surface area contributed by atoms with Crippen LogP contribution in [0.3, 0.4) is 0 Å². The maximum Gasteiger partial charge on any atom is 0.255 e. The van der Waals surface area contributed by atoms with Crippen molar-refractivity contribution in [1.82, 2.24) is 19.8 Å². The van der Waals surface area contributed by atoms with Gasteiger partial charge < -0.3 is 16.0 Å². The van der Waals surface area contributed by atoms with E-state index in [4.69, 9.17) is 27.3 Å². The number of carbonyl (C=O) groups is 2. The van der Waals surface area contributed by atoms with Crippen molar-refractivity contribution >= 4 is 40.1 Å². The molecular weight excluding hydrogens is 452 g/mol. The molecule has 0 unspecified atom stereocenters. The molecule has 0 spiro atoms. The van der Waals surface area contributed by atoms with E-state index < -0.39 is 11.9 Å². The highest BCUT2D eigenvalue weighted by Crippen LogP contribution is 2.23. The fraction of sp³-hybridized carbons (Fsp3) is 0.360. The third-order valence-electron chi connectivity index (χ3n) is 6.04. The van der Waals surface area contributed by atoms with Gasteiger partial charge >= 0.3 is 0 Å². The van der Waals surface area contributed by atoms with Crippen LogP contribution in [0.5, 0.6) is 0 Å². The highest BCUT2D eigenvalue weighted by molar-refractivity contribution is 6.33. The summed E-state index contributed by atoms with van der Waals surface area (Å²) in [5, 5.41) is 4.54. The normalized spacial score (nSPS) is 15.5. The maximum absolute atomic E-state index is 12.8. The molecule has 2 heterocycles. The lowest BCUT2D eigenvalue weighted by Crippen LogP contribution is -2.48. The SMILES string of the molecule is CC(C)[C@H](Nc1nc(CN2CCN(C(=O)c3ccccc3Cl)CC2)nc2ccccc12)C(N)=O. The zero-order chi connectivity index (χ0) is 24.2. The van der Waals surface area contributed by atoms with E-state index >= 15 is 0 Å². The van der Waals surface area contributed by atoms with Crippen molar-refractivity contribution in [3.63, 3.8) is 0 Å². The van der Waals surface area contributed by atoms with Crippen molar-refractivity contribution in [3.8, 4) is 0 Å². The second-order valence-electron chi connectivity index (χ2n) is 8.82. The van der Waals surface area contributed by atoms with Crippen LogP contribution in [0.2, 0.25) is 5.02 Å². The van der Waals surface area contributed by atoms with Gasteiger partial charge in [-0.05, 0) is 30.2 Å². The zero-order valence-corrected chi connectivity index (χ0v) is 20.1. The summed E-state index contributed by atoms with van der Waals surface area (Å²) in [7, 11) is 0. The smallest absolute Gasteiger partial charge is 0.255 e. The number of anilines is 1. The van der Waals surface area contributed by atoms with Crippen molar-refractivity contribution in [3.05, 3.63) is 64.9 Å². The lowest BCUT2D eigenvalue weighted by atomic mass is 10.0. The highest BCUT2D eigenvalue weighted by atomic mass is 35.5. The minimum absolute atomic E-state index is 0.0124. The van der Waals surface area contributed by atoms with Crippen LogP contribution in [-0.2, 0) is 11.3 Å². The first-order valence-corrected chi connectivity index (χ1v) is 11.8. The van der Waals surface area contributed by atoms with Gasteiger partial charge in [-0.3, -0.25) is 14.5 Å². The lowest BCUT2D eigenvalue weighted by Gasteiger charge is -2.34. The summed E-state index contributed by atoms with van der Waals surface area (Å²) in [6, 6.07) is 14.3. The van der Waals surface area contributed by atoms with Gasteiger partial charge in [0.05, 0.1) is 22.6 Å². The van der Waals surface area contributed by atoms with Crippen molar-refractivity contribution in [2.24, 2.45) is 11.7 Å². The number of carbonyl (C=O) groups excluding carboxylic acids is 2. The first-order valence-electron chi connectivity index (χ1n) is 11.4. The van der Waals surface area contributed by atoms with Crippen LogP contribution < -0.4 is 11.1 Å². The molecule has 0 saturated carbocycles. The molecule has 2 amide bonds. The van der Waals surface area contributed by atoms with Gasteiger partial charge in [0.25, 0.3) is 5.91 Å². The first kappa shape index (κ1) is 23.9. The standard InChI is InChI=1S/C25H29ClN6O2/c1-16(2)22(23(27)33)30-24-18-8-4-6-10-20(18)28-21(29-24)15-31-11-13-32(14-12-31)25(34)17-7-3-5-9-19(17)26/h3-10,16,22H,11-15H2,1-2H3,(H2,27,33)(H,28,29,30)/t22-/m0/s1. The van der Waals surface area contributed by atoms with Gasteiger partial charge in [0, 0.05) is 31.6 Å². The molecule has 8 nitrogen and oxygen atoms in total. The Kier molecular flexibility index (Phi) is 7.29. The van der Waals surface area contributed by atoms with Gasteiger partial charge in [-0.15, -0.1) is 0 Å². The van der Waals surface area contributed by atoms with E-state index in [1.165, 1.54) is 0 Å². The van der Waals surface area contributed by atoms with Crippen LogP contribution in [0, 0.1) is 5.92 Å². The number of halogens is 1. The summed E-state index contributed by atoms with van der Waals surface area (Å²) in [5.41, 5.74) is 6.94. The summed E-state index contributed by atoms with van der Waals surface area (Å²) >= 11 is 6.20. The summed E-state index contributed by atoms with van der Waals surface area (Å²) in [6.45, 7) is 7.01. The Morgan fingerprint density at radius 3 is 2.38 bits per heavy atom. The van der Waals surface area contributed by atoms with E-state index in [0.717, 1.165) is 10.9 Å². The Balaban J connectivity index is 1.48. The quantitative estimate of drug-likeness (QED) is 0.538. The zero-order valence-electron chi connectivity index (χ0n) is 19.4. The second kappa shape index (κ2) is 10.4. The molecule has 2 aromatic carbocycles. The van der Waals surface area contributed by atoms with E-state index in [-0.39, 0.29) is 11.8 Å². The summed E-state index contributed by atoms with van der Waals surface area (Å²) in [5.74, 6) is 0.798. The van der Waals surface area contributed by atoms with E-state index in [0.29, 0.717) is 55.0 Å². The summed E-state index contributed by atoms with van der Waals surface area (Å²) in [4.78, 5) is 38.3. The maximum atomic E-state index is 12.8. The van der Waals surface area contributed by atoms with Crippen LogP contribution in [0.15, 0.2) is 48.5 Å². The fourth-order valence-electron chi connectivity index (χ4n) is 4.13. The average Bonchev–Trinajstić information content (AvgIpc) is 2.82. The minimum Gasteiger partial charge on any atom is -0.368 e. The van der Waals surface area contributed by atoms with Gasteiger partial charge in [-0.1, -0.05) is 49.7 Å². The monoisotopic (exact) mass is 480 g/mol. The third kappa shape index (κ3) is 5.29.